The highest BCUT2D eigenvalue weighted by molar-refractivity contribution is 8.01. The van der Waals surface area contributed by atoms with Crippen LogP contribution in [0.5, 0.6) is 5.75 Å². The van der Waals surface area contributed by atoms with E-state index in [1.54, 1.807) is 47.2 Å². The Balaban J connectivity index is 1.56. The highest BCUT2D eigenvalue weighted by Crippen LogP contribution is 2.55. The molecule has 1 atom stereocenters. The third kappa shape index (κ3) is 3.78. The van der Waals surface area contributed by atoms with E-state index in [4.69, 9.17) is 27.9 Å². The Bertz CT molecular complexity index is 1290. The number of hydrogen-bond donors (Lipinski definition) is 1. The van der Waals surface area contributed by atoms with Crippen LogP contribution in [-0.4, -0.2) is 36.2 Å². The molecule has 1 unspecified atom stereocenters. The average Bonchev–Trinajstić information content (AvgIpc) is 3.37. The van der Waals surface area contributed by atoms with E-state index in [0.717, 1.165) is 16.8 Å². The summed E-state index contributed by atoms with van der Waals surface area (Å²) in [5, 5.41) is 3.99. The van der Waals surface area contributed by atoms with Crippen LogP contribution in [0.3, 0.4) is 0 Å². The number of nitrogens with one attached hydrogen (secondary N) is 1. The first-order valence-corrected chi connectivity index (χ1v) is 12.4. The van der Waals surface area contributed by atoms with Gasteiger partial charge in [0.05, 0.1) is 19.3 Å². The van der Waals surface area contributed by atoms with Crippen molar-refractivity contribution in [1.82, 2.24) is 4.90 Å². The van der Waals surface area contributed by atoms with E-state index >= 15 is 0 Å². The van der Waals surface area contributed by atoms with Crippen LogP contribution in [-0.2, 0) is 16.2 Å². The Morgan fingerprint density at radius 3 is 2.71 bits per heavy atom. The molecule has 9 heteroatoms. The van der Waals surface area contributed by atoms with Gasteiger partial charge in [0.15, 0.2) is 4.87 Å². The Hall–Kier alpha value is -2.87. The number of urea groups is 1. The first-order chi connectivity index (χ1) is 16.4. The third-order valence-corrected chi connectivity index (χ3v) is 8.03. The number of anilines is 2. The van der Waals surface area contributed by atoms with E-state index in [1.165, 1.54) is 11.8 Å². The minimum atomic E-state index is -1.20. The van der Waals surface area contributed by atoms with Gasteiger partial charge in [-0.25, -0.2) is 4.79 Å². The summed E-state index contributed by atoms with van der Waals surface area (Å²) in [6, 6.07) is 19.5. The predicted molar refractivity (Wildman–Crippen MR) is 137 cm³/mol. The Kier molecular flexibility index (Phi) is 6.10. The molecule has 1 N–H and O–H groups in total. The van der Waals surface area contributed by atoms with E-state index in [1.807, 2.05) is 36.4 Å². The van der Waals surface area contributed by atoms with Gasteiger partial charge in [-0.3, -0.25) is 9.69 Å². The van der Waals surface area contributed by atoms with Crippen molar-refractivity contribution in [2.75, 3.05) is 29.6 Å². The highest BCUT2D eigenvalue weighted by Gasteiger charge is 2.59. The highest BCUT2D eigenvalue weighted by atomic mass is 35.5. The van der Waals surface area contributed by atoms with E-state index < -0.39 is 4.87 Å². The molecule has 2 aliphatic rings. The fourth-order valence-corrected chi connectivity index (χ4v) is 6.27. The van der Waals surface area contributed by atoms with Gasteiger partial charge in [-0.2, -0.15) is 0 Å². The molecule has 1 saturated heterocycles. The molecule has 2 aliphatic heterocycles. The molecule has 0 aliphatic carbocycles. The summed E-state index contributed by atoms with van der Waals surface area (Å²) in [5.41, 5.74) is 2.86. The molecular weight excluding hydrogens is 493 g/mol. The lowest BCUT2D eigenvalue weighted by molar-refractivity contribution is -0.123. The molecule has 3 aromatic carbocycles. The number of amides is 3. The second kappa shape index (κ2) is 9.06. The van der Waals surface area contributed by atoms with E-state index in [9.17, 15) is 9.59 Å². The van der Waals surface area contributed by atoms with Gasteiger partial charge in [-0.15, -0.1) is 11.8 Å². The first-order valence-electron chi connectivity index (χ1n) is 10.7. The number of fused-ring (bicyclic) bond motifs is 2. The second-order valence-corrected chi connectivity index (χ2v) is 10.1. The second-order valence-electron chi connectivity index (χ2n) is 7.95. The van der Waals surface area contributed by atoms with Gasteiger partial charge in [0, 0.05) is 33.6 Å². The molecule has 3 aromatic rings. The van der Waals surface area contributed by atoms with Crippen molar-refractivity contribution in [3.63, 3.8) is 0 Å². The fourth-order valence-electron chi connectivity index (χ4n) is 4.43. The monoisotopic (exact) mass is 513 g/mol. The molecule has 1 spiro atoms. The van der Waals surface area contributed by atoms with Crippen molar-refractivity contribution in [3.8, 4) is 5.75 Å². The molecule has 6 nitrogen and oxygen atoms in total. The van der Waals surface area contributed by atoms with Gasteiger partial charge in [-0.05, 0) is 48.0 Å². The van der Waals surface area contributed by atoms with E-state index in [0.29, 0.717) is 40.3 Å². The van der Waals surface area contributed by atoms with Crippen LogP contribution in [0, 0.1) is 0 Å². The molecule has 2 heterocycles. The van der Waals surface area contributed by atoms with Gasteiger partial charge >= 0.3 is 6.03 Å². The van der Waals surface area contributed by atoms with Crippen molar-refractivity contribution in [3.05, 3.63) is 87.9 Å². The standard InChI is InChI=1S/C25H21Cl2N3O3S/c1-33-19-9-10-22-20(14-19)25(23(31)29(22)15-16-5-2-3-8-21(16)27)30(11-12-34-25)24(32)28-18-7-4-6-17(26)13-18/h2-10,13-14H,11-12,15H2,1H3,(H,28,32). The maximum atomic E-state index is 14.1. The number of halogens is 2. The minimum Gasteiger partial charge on any atom is -0.497 e. The smallest absolute Gasteiger partial charge is 0.323 e. The summed E-state index contributed by atoms with van der Waals surface area (Å²) in [6.45, 7) is 0.712. The van der Waals surface area contributed by atoms with Crippen LogP contribution in [0.4, 0.5) is 16.2 Å². The summed E-state index contributed by atoms with van der Waals surface area (Å²) < 4.78 is 5.46. The quantitative estimate of drug-likeness (QED) is 0.465. The SMILES string of the molecule is COc1ccc2c(c1)C1(SCCN1C(=O)Nc1cccc(Cl)c1)C(=O)N2Cc1ccccc1Cl. The predicted octanol–water partition coefficient (Wildman–Crippen LogP) is 5.98. The normalized spacial score (nSPS) is 19.0. The van der Waals surface area contributed by atoms with Crippen molar-refractivity contribution < 1.29 is 14.3 Å². The lowest BCUT2D eigenvalue weighted by atomic mass is 10.1. The Morgan fingerprint density at radius 2 is 1.94 bits per heavy atom. The molecule has 34 heavy (non-hydrogen) atoms. The lowest BCUT2D eigenvalue weighted by Gasteiger charge is -2.33. The lowest BCUT2D eigenvalue weighted by Crippen LogP contribution is -2.51. The first kappa shape index (κ1) is 22.9. The van der Waals surface area contributed by atoms with E-state index in [-0.39, 0.29) is 11.9 Å². The summed E-state index contributed by atoms with van der Waals surface area (Å²) in [5.74, 6) is 1.05. The summed E-state index contributed by atoms with van der Waals surface area (Å²) in [6.07, 6.45) is 0. The van der Waals surface area contributed by atoms with Crippen LogP contribution in [0.2, 0.25) is 10.0 Å². The molecular formula is C25H21Cl2N3O3S. The molecule has 0 aromatic heterocycles. The number of rotatable bonds is 4. The largest absolute Gasteiger partial charge is 0.497 e. The Labute approximate surface area is 211 Å². The van der Waals surface area contributed by atoms with Crippen LogP contribution >= 0.6 is 35.0 Å². The van der Waals surface area contributed by atoms with Gasteiger partial charge in [-0.1, -0.05) is 47.5 Å². The third-order valence-electron chi connectivity index (χ3n) is 6.01. The van der Waals surface area contributed by atoms with Crippen LogP contribution in [0.25, 0.3) is 0 Å². The number of ether oxygens (including phenoxy) is 1. The fraction of sp³-hybridized carbons (Fsp3) is 0.200. The molecule has 5 rings (SSSR count). The molecule has 0 saturated carbocycles. The molecule has 0 radical (unpaired) electrons. The number of methoxy groups -OCH3 is 1. The number of carbonyl (C=O) groups is 2. The number of nitrogens with zero attached hydrogens (tertiary/aromatic N) is 2. The molecule has 0 bridgehead atoms. The Morgan fingerprint density at radius 1 is 1.12 bits per heavy atom. The molecule has 3 amide bonds. The number of hydrogen-bond acceptors (Lipinski definition) is 4. The van der Waals surface area contributed by atoms with Crippen molar-refractivity contribution in [2.24, 2.45) is 0 Å². The molecule has 1 fully saturated rings. The minimum absolute atomic E-state index is 0.181. The zero-order valence-corrected chi connectivity index (χ0v) is 20.6. The van der Waals surface area contributed by atoms with Crippen molar-refractivity contribution in [2.45, 2.75) is 11.4 Å². The average molecular weight is 514 g/mol. The summed E-state index contributed by atoms with van der Waals surface area (Å²) in [4.78, 5) is 29.7. The summed E-state index contributed by atoms with van der Waals surface area (Å²) >= 11 is 13.9. The van der Waals surface area contributed by atoms with Gasteiger partial charge < -0.3 is 15.0 Å². The van der Waals surface area contributed by atoms with Crippen LogP contribution in [0.15, 0.2) is 66.7 Å². The van der Waals surface area contributed by atoms with Crippen molar-refractivity contribution >= 4 is 58.3 Å². The number of benzene rings is 3. The zero-order valence-electron chi connectivity index (χ0n) is 18.3. The topological polar surface area (TPSA) is 61.9 Å². The van der Waals surface area contributed by atoms with Crippen molar-refractivity contribution in [1.29, 1.82) is 0 Å². The summed E-state index contributed by atoms with van der Waals surface area (Å²) in [7, 11) is 1.58. The zero-order chi connectivity index (χ0) is 23.9. The number of thioether (sulfide) groups is 1. The van der Waals surface area contributed by atoms with Gasteiger partial charge in [0.1, 0.15) is 5.75 Å². The molecule has 174 valence electrons. The maximum absolute atomic E-state index is 14.1. The van der Waals surface area contributed by atoms with Crippen LogP contribution in [0.1, 0.15) is 11.1 Å². The maximum Gasteiger partial charge on any atom is 0.323 e. The van der Waals surface area contributed by atoms with Gasteiger partial charge in [0.2, 0.25) is 0 Å². The van der Waals surface area contributed by atoms with Gasteiger partial charge in [0.25, 0.3) is 5.91 Å². The van der Waals surface area contributed by atoms with Crippen LogP contribution < -0.4 is 15.0 Å². The number of carbonyl (C=O) groups excluding carboxylic acids is 2. The van der Waals surface area contributed by atoms with E-state index in [2.05, 4.69) is 5.32 Å².